The Hall–Kier alpha value is -0.900. The van der Waals surface area contributed by atoms with Crippen LogP contribution in [-0.4, -0.2) is 29.3 Å². The molecular formula is C7H12N2O2. The van der Waals surface area contributed by atoms with Crippen molar-refractivity contribution >= 4 is 11.8 Å². The smallest absolute Gasteiger partial charge is 0.229 e. The highest BCUT2D eigenvalue weighted by molar-refractivity contribution is 6.02. The Kier molecular flexibility index (Phi) is 2.24. The maximum Gasteiger partial charge on any atom is 0.229 e. The quantitative estimate of drug-likeness (QED) is 0.547. The second kappa shape index (κ2) is 3.00. The van der Waals surface area contributed by atoms with Crippen molar-refractivity contribution in [3.05, 3.63) is 0 Å². The first-order valence-corrected chi connectivity index (χ1v) is 3.71. The van der Waals surface area contributed by atoms with E-state index in [9.17, 15) is 9.59 Å². The number of carbonyl (C=O) groups is 2. The van der Waals surface area contributed by atoms with Gasteiger partial charge in [-0.3, -0.25) is 14.5 Å². The first-order chi connectivity index (χ1) is 5.16. The molecule has 0 aliphatic carbocycles. The lowest BCUT2D eigenvalue weighted by Crippen LogP contribution is -2.41. The molecule has 0 bridgehead atoms. The summed E-state index contributed by atoms with van der Waals surface area (Å²) in [5.41, 5.74) is 5.33. The number of imide groups is 1. The van der Waals surface area contributed by atoms with Crippen LogP contribution in [0.25, 0.3) is 0 Å². The van der Waals surface area contributed by atoms with Crippen LogP contribution in [0.15, 0.2) is 0 Å². The van der Waals surface area contributed by atoms with Crippen molar-refractivity contribution in [2.24, 2.45) is 5.73 Å². The van der Waals surface area contributed by atoms with Gasteiger partial charge in [-0.05, 0) is 6.92 Å². The topological polar surface area (TPSA) is 63.4 Å². The molecule has 0 saturated carbocycles. The van der Waals surface area contributed by atoms with Crippen LogP contribution in [-0.2, 0) is 9.59 Å². The predicted octanol–water partition coefficient (Wildman–Crippen LogP) is -0.517. The fourth-order valence-electron chi connectivity index (χ4n) is 1.19. The summed E-state index contributed by atoms with van der Waals surface area (Å²) in [6.07, 6.45) is 0.701. The maximum absolute atomic E-state index is 11.0. The molecule has 1 atom stereocenters. The maximum atomic E-state index is 11.0. The molecule has 0 unspecified atom stereocenters. The number of hydrogen-bond acceptors (Lipinski definition) is 3. The van der Waals surface area contributed by atoms with Crippen molar-refractivity contribution in [1.29, 1.82) is 0 Å². The summed E-state index contributed by atoms with van der Waals surface area (Å²) in [7, 11) is 0. The van der Waals surface area contributed by atoms with Crippen molar-refractivity contribution in [2.75, 3.05) is 6.54 Å². The molecule has 1 heterocycles. The van der Waals surface area contributed by atoms with Gasteiger partial charge >= 0.3 is 0 Å². The van der Waals surface area contributed by atoms with E-state index in [0.29, 0.717) is 19.4 Å². The Morgan fingerprint density at radius 2 is 1.91 bits per heavy atom. The van der Waals surface area contributed by atoms with Crippen molar-refractivity contribution in [3.63, 3.8) is 0 Å². The fourth-order valence-corrected chi connectivity index (χ4v) is 1.19. The van der Waals surface area contributed by atoms with Crippen molar-refractivity contribution in [1.82, 2.24) is 4.90 Å². The molecule has 0 radical (unpaired) electrons. The molecule has 4 heteroatoms. The van der Waals surface area contributed by atoms with Crippen LogP contribution >= 0.6 is 0 Å². The van der Waals surface area contributed by atoms with Crippen LogP contribution in [0, 0.1) is 0 Å². The predicted molar refractivity (Wildman–Crippen MR) is 39.6 cm³/mol. The van der Waals surface area contributed by atoms with E-state index < -0.39 is 0 Å². The summed E-state index contributed by atoms with van der Waals surface area (Å²) >= 11 is 0. The second-order valence-electron chi connectivity index (χ2n) is 2.74. The molecule has 4 nitrogen and oxygen atoms in total. The highest BCUT2D eigenvalue weighted by Gasteiger charge is 2.31. The van der Waals surface area contributed by atoms with E-state index in [0.717, 1.165) is 0 Å². The monoisotopic (exact) mass is 156 g/mol. The summed E-state index contributed by atoms with van der Waals surface area (Å²) in [6, 6.07) is -0.141. The lowest BCUT2D eigenvalue weighted by Gasteiger charge is -2.20. The van der Waals surface area contributed by atoms with Gasteiger partial charge in [-0.25, -0.2) is 0 Å². The highest BCUT2D eigenvalue weighted by Crippen LogP contribution is 2.14. The number of likely N-dealkylation sites (tertiary alicyclic amines) is 1. The number of amides is 2. The summed E-state index contributed by atoms with van der Waals surface area (Å²) in [4.78, 5) is 23.3. The third kappa shape index (κ3) is 1.40. The standard InChI is InChI=1S/C7H12N2O2/c1-5(4-8)9-6(10)2-3-7(9)11/h5H,2-4,8H2,1H3/t5-/m0/s1. The Labute approximate surface area is 65.3 Å². The Bertz CT molecular complexity index is 175. The number of carbonyl (C=O) groups excluding carboxylic acids is 2. The Balaban J connectivity index is 2.68. The van der Waals surface area contributed by atoms with Crippen LogP contribution in [0.2, 0.25) is 0 Å². The molecule has 0 aromatic rings. The largest absolute Gasteiger partial charge is 0.328 e. The molecule has 1 aliphatic rings. The SMILES string of the molecule is C[C@@H](CN)N1C(=O)CCC1=O. The average molecular weight is 156 g/mol. The summed E-state index contributed by atoms with van der Waals surface area (Å²) in [5, 5.41) is 0. The average Bonchev–Trinajstić information content (AvgIpc) is 2.30. The number of rotatable bonds is 2. The van der Waals surface area contributed by atoms with Gasteiger partial charge in [-0.2, -0.15) is 0 Å². The van der Waals surface area contributed by atoms with Gasteiger partial charge in [0, 0.05) is 25.4 Å². The second-order valence-corrected chi connectivity index (χ2v) is 2.74. The van der Waals surface area contributed by atoms with Crippen molar-refractivity contribution in [2.45, 2.75) is 25.8 Å². The van der Waals surface area contributed by atoms with Gasteiger partial charge in [-0.15, -0.1) is 0 Å². The van der Waals surface area contributed by atoms with E-state index >= 15 is 0 Å². The molecule has 0 spiro atoms. The zero-order valence-corrected chi connectivity index (χ0v) is 6.54. The fraction of sp³-hybridized carbons (Fsp3) is 0.714. The van der Waals surface area contributed by atoms with Crippen LogP contribution in [0.1, 0.15) is 19.8 Å². The minimum atomic E-state index is -0.141. The molecule has 1 rings (SSSR count). The Morgan fingerprint density at radius 1 is 1.45 bits per heavy atom. The van der Waals surface area contributed by atoms with E-state index in [-0.39, 0.29) is 17.9 Å². The van der Waals surface area contributed by atoms with Crippen molar-refractivity contribution in [3.8, 4) is 0 Å². The molecule has 1 saturated heterocycles. The molecule has 1 aliphatic heterocycles. The molecule has 0 aromatic heterocycles. The number of nitrogens with two attached hydrogens (primary N) is 1. The van der Waals surface area contributed by atoms with Crippen LogP contribution < -0.4 is 5.73 Å². The van der Waals surface area contributed by atoms with Crippen molar-refractivity contribution < 1.29 is 9.59 Å². The summed E-state index contributed by atoms with van der Waals surface area (Å²) in [6.45, 7) is 2.12. The zero-order valence-electron chi connectivity index (χ0n) is 6.54. The van der Waals surface area contributed by atoms with Gasteiger partial charge in [0.05, 0.1) is 0 Å². The number of hydrogen-bond donors (Lipinski definition) is 1. The first kappa shape index (κ1) is 8.20. The minimum Gasteiger partial charge on any atom is -0.328 e. The molecule has 0 aromatic carbocycles. The molecule has 2 amide bonds. The van der Waals surface area contributed by atoms with E-state index in [2.05, 4.69) is 0 Å². The lowest BCUT2D eigenvalue weighted by atomic mass is 10.3. The number of nitrogens with zero attached hydrogens (tertiary/aromatic N) is 1. The van der Waals surface area contributed by atoms with Gasteiger partial charge in [0.15, 0.2) is 0 Å². The van der Waals surface area contributed by atoms with Gasteiger partial charge in [0.2, 0.25) is 11.8 Å². The Morgan fingerprint density at radius 3 is 2.27 bits per heavy atom. The molecule has 11 heavy (non-hydrogen) atoms. The molecular weight excluding hydrogens is 144 g/mol. The third-order valence-electron chi connectivity index (χ3n) is 1.87. The first-order valence-electron chi connectivity index (χ1n) is 3.71. The van der Waals surface area contributed by atoms with Gasteiger partial charge in [0.25, 0.3) is 0 Å². The van der Waals surface area contributed by atoms with E-state index in [1.54, 1.807) is 6.92 Å². The van der Waals surface area contributed by atoms with Crippen LogP contribution in [0.4, 0.5) is 0 Å². The van der Waals surface area contributed by atoms with Crippen LogP contribution in [0.3, 0.4) is 0 Å². The minimum absolute atomic E-state index is 0.0899. The van der Waals surface area contributed by atoms with Crippen LogP contribution in [0.5, 0.6) is 0 Å². The van der Waals surface area contributed by atoms with E-state index in [4.69, 9.17) is 5.73 Å². The summed E-state index contributed by atoms with van der Waals surface area (Å²) in [5.74, 6) is -0.180. The van der Waals surface area contributed by atoms with E-state index in [1.165, 1.54) is 4.90 Å². The molecule has 2 N–H and O–H groups in total. The lowest BCUT2D eigenvalue weighted by molar-refractivity contribution is -0.140. The van der Waals surface area contributed by atoms with Gasteiger partial charge in [-0.1, -0.05) is 0 Å². The molecule has 62 valence electrons. The van der Waals surface area contributed by atoms with Gasteiger partial charge in [0.1, 0.15) is 0 Å². The van der Waals surface area contributed by atoms with Gasteiger partial charge < -0.3 is 5.73 Å². The summed E-state index contributed by atoms with van der Waals surface area (Å²) < 4.78 is 0. The highest BCUT2D eigenvalue weighted by atomic mass is 16.2. The molecule has 1 fully saturated rings. The zero-order chi connectivity index (χ0) is 8.43. The normalized spacial score (nSPS) is 21.1. The van der Waals surface area contributed by atoms with E-state index in [1.807, 2.05) is 0 Å². The third-order valence-corrected chi connectivity index (χ3v) is 1.87.